The molecule has 2 aliphatic rings. The first-order valence-corrected chi connectivity index (χ1v) is 14.0. The van der Waals surface area contributed by atoms with E-state index in [2.05, 4.69) is 0 Å². The van der Waals surface area contributed by atoms with E-state index in [1.165, 1.54) is 0 Å². The highest BCUT2D eigenvalue weighted by atomic mass is 32.2. The van der Waals surface area contributed by atoms with Gasteiger partial charge >= 0.3 is 11.9 Å². The van der Waals surface area contributed by atoms with Crippen molar-refractivity contribution in [2.45, 2.75) is 0 Å². The lowest BCUT2D eigenvalue weighted by Gasteiger charge is -2.12. The van der Waals surface area contributed by atoms with Gasteiger partial charge in [0.2, 0.25) is 0 Å². The average Bonchev–Trinajstić information content (AvgIpc) is 3.32. The second kappa shape index (κ2) is 13.1. The van der Waals surface area contributed by atoms with Gasteiger partial charge in [-0.3, -0.25) is 29.0 Å². The first-order valence-electron chi connectivity index (χ1n) is 11.5. The number of ether oxygens (including phenoxy) is 2. The van der Waals surface area contributed by atoms with E-state index in [1.54, 1.807) is 60.7 Å². The molecule has 0 radical (unpaired) electrons. The minimum atomic E-state index is -1.16. The third kappa shape index (κ3) is 7.07. The molecule has 2 aromatic rings. The zero-order valence-corrected chi connectivity index (χ0v) is 23.7. The molecule has 4 rings (SSSR count). The van der Waals surface area contributed by atoms with Gasteiger partial charge in [-0.2, -0.15) is 0 Å². The second-order valence-electron chi connectivity index (χ2n) is 8.10. The molecule has 0 saturated carbocycles. The number of hydrogen-bond acceptors (Lipinski definition) is 10. The van der Waals surface area contributed by atoms with Crippen LogP contribution in [0.5, 0.6) is 11.5 Å². The summed E-state index contributed by atoms with van der Waals surface area (Å²) in [7, 11) is 0. The number of aliphatic carboxylic acids is 2. The van der Waals surface area contributed by atoms with Crippen LogP contribution in [0.3, 0.4) is 0 Å². The number of benzene rings is 2. The van der Waals surface area contributed by atoms with Gasteiger partial charge in [0.15, 0.2) is 0 Å². The van der Waals surface area contributed by atoms with E-state index in [-0.39, 0.29) is 21.9 Å². The van der Waals surface area contributed by atoms with Crippen molar-refractivity contribution in [3.05, 3.63) is 69.5 Å². The minimum absolute atomic E-state index is 0.153. The highest BCUT2D eigenvalue weighted by Crippen LogP contribution is 2.35. The van der Waals surface area contributed by atoms with Crippen LogP contribution in [0.15, 0.2) is 58.3 Å². The number of hydrogen-bond donors (Lipinski definition) is 2. The Kier molecular flexibility index (Phi) is 9.58. The van der Waals surface area contributed by atoms with Crippen molar-refractivity contribution < 1.29 is 38.9 Å². The third-order valence-corrected chi connectivity index (χ3v) is 8.10. The van der Waals surface area contributed by atoms with Crippen molar-refractivity contribution in [3.8, 4) is 11.5 Å². The Morgan fingerprint density at radius 2 is 1.10 bits per heavy atom. The van der Waals surface area contributed by atoms with Gasteiger partial charge in [-0.05, 0) is 24.3 Å². The highest BCUT2D eigenvalue weighted by Gasteiger charge is 2.34. The molecular formula is C26H20N2O8S4. The lowest BCUT2D eigenvalue weighted by Crippen LogP contribution is -2.33. The maximum Gasteiger partial charge on any atom is 0.323 e. The van der Waals surface area contributed by atoms with E-state index in [9.17, 15) is 19.2 Å². The maximum atomic E-state index is 12.6. The SMILES string of the molecule is O=C(O)CN1C(=O)/C(=C/c2ccccc2OCCOc2ccccc2/C=C2\SC(=S)N(CC(=O)O)C2=O)SC1=S. The van der Waals surface area contributed by atoms with Crippen molar-refractivity contribution in [1.29, 1.82) is 0 Å². The van der Waals surface area contributed by atoms with Gasteiger partial charge in [0.1, 0.15) is 46.4 Å². The number of nitrogens with zero attached hydrogens (tertiary/aromatic N) is 2. The third-order valence-electron chi connectivity index (χ3n) is 5.34. The molecule has 2 amide bonds. The van der Waals surface area contributed by atoms with Crippen LogP contribution in [-0.2, 0) is 19.2 Å². The Labute approximate surface area is 247 Å². The van der Waals surface area contributed by atoms with Crippen LogP contribution in [-0.4, -0.2) is 78.7 Å². The summed E-state index contributed by atoms with van der Waals surface area (Å²) in [5, 5.41) is 18.0. The standard InChI is InChI=1S/C26H20N2O8S4/c29-21(30)13-27-23(33)19(39-25(27)37)11-15-5-1-3-7-17(15)35-9-10-36-18-8-4-2-6-16(18)12-20-24(34)28(14-22(31)32)26(38)40-20/h1-8,11-12H,9-10,13-14H2,(H,29,30)(H,31,32)/b19-11-,20-12-. The fourth-order valence-corrected chi connectivity index (χ4v) is 6.08. The number of thioether (sulfide) groups is 2. The Balaban J connectivity index is 1.40. The molecule has 0 spiro atoms. The highest BCUT2D eigenvalue weighted by molar-refractivity contribution is 8.27. The Hall–Kier alpha value is -3.72. The minimum Gasteiger partial charge on any atom is -0.489 e. The summed E-state index contributed by atoms with van der Waals surface area (Å²) < 4.78 is 12.1. The molecule has 2 fully saturated rings. The quantitative estimate of drug-likeness (QED) is 0.217. The molecule has 0 aliphatic carbocycles. The van der Waals surface area contributed by atoms with E-state index in [0.717, 1.165) is 33.3 Å². The van der Waals surface area contributed by atoms with Gasteiger partial charge in [0, 0.05) is 11.1 Å². The topological polar surface area (TPSA) is 134 Å². The molecule has 2 heterocycles. The summed E-state index contributed by atoms with van der Waals surface area (Å²) in [5.74, 6) is -2.29. The number of carbonyl (C=O) groups excluding carboxylic acids is 2. The van der Waals surface area contributed by atoms with Gasteiger partial charge in [-0.15, -0.1) is 0 Å². The number of carboxylic acid groups (broad SMARTS) is 2. The molecule has 0 unspecified atom stereocenters. The van der Waals surface area contributed by atoms with Crippen LogP contribution in [0.25, 0.3) is 12.2 Å². The number of thiocarbonyl (C=S) groups is 2. The molecule has 40 heavy (non-hydrogen) atoms. The second-order valence-corrected chi connectivity index (χ2v) is 11.4. The number of rotatable bonds is 11. The first-order chi connectivity index (χ1) is 19.1. The summed E-state index contributed by atoms with van der Waals surface area (Å²) in [6.45, 7) is -0.703. The molecular weight excluding hydrogens is 597 g/mol. The smallest absolute Gasteiger partial charge is 0.323 e. The molecule has 0 bridgehead atoms. The fourth-order valence-electron chi connectivity index (χ4n) is 3.59. The summed E-state index contributed by atoms with van der Waals surface area (Å²) in [5.41, 5.74) is 1.23. The van der Waals surface area contributed by atoms with Gasteiger partial charge in [-0.25, -0.2) is 0 Å². The Morgan fingerprint density at radius 3 is 1.48 bits per heavy atom. The van der Waals surface area contributed by atoms with E-state index in [1.807, 2.05) is 0 Å². The molecule has 2 N–H and O–H groups in total. The first kappa shape index (κ1) is 29.3. The lowest BCUT2D eigenvalue weighted by molar-refractivity contribution is -0.140. The number of amides is 2. The molecule has 2 aromatic carbocycles. The number of carbonyl (C=O) groups is 4. The van der Waals surface area contributed by atoms with Gasteiger partial charge in [0.25, 0.3) is 11.8 Å². The van der Waals surface area contributed by atoms with Crippen LogP contribution >= 0.6 is 48.0 Å². The van der Waals surface area contributed by atoms with Gasteiger partial charge in [0.05, 0.1) is 9.81 Å². The van der Waals surface area contributed by atoms with Crippen LogP contribution in [0.1, 0.15) is 11.1 Å². The molecule has 10 nitrogen and oxygen atoms in total. The number of para-hydroxylation sites is 2. The summed E-state index contributed by atoms with van der Waals surface area (Å²) in [4.78, 5) is 49.9. The van der Waals surface area contributed by atoms with Crippen molar-refractivity contribution >= 4 is 92.5 Å². The summed E-state index contributed by atoms with van der Waals surface area (Å²) in [6, 6.07) is 14.1. The van der Waals surface area contributed by atoms with Crippen molar-refractivity contribution in [1.82, 2.24) is 9.80 Å². The monoisotopic (exact) mass is 616 g/mol. The largest absolute Gasteiger partial charge is 0.489 e. The summed E-state index contributed by atoms with van der Waals surface area (Å²) in [6.07, 6.45) is 3.21. The molecule has 2 aliphatic heterocycles. The molecule has 14 heteroatoms. The molecule has 0 atom stereocenters. The predicted molar refractivity (Wildman–Crippen MR) is 159 cm³/mol. The summed E-state index contributed by atoms with van der Waals surface area (Å²) >= 11 is 12.3. The van der Waals surface area contributed by atoms with Crippen LogP contribution < -0.4 is 9.47 Å². The zero-order valence-electron chi connectivity index (χ0n) is 20.5. The molecule has 2 saturated heterocycles. The average molecular weight is 617 g/mol. The van der Waals surface area contributed by atoms with Gasteiger partial charge in [-0.1, -0.05) is 84.4 Å². The van der Waals surface area contributed by atoms with E-state index >= 15 is 0 Å². The van der Waals surface area contributed by atoms with Crippen LogP contribution in [0.4, 0.5) is 0 Å². The maximum absolute atomic E-state index is 12.6. The van der Waals surface area contributed by atoms with Crippen molar-refractivity contribution in [2.75, 3.05) is 26.3 Å². The fraction of sp³-hybridized carbons (Fsp3) is 0.154. The van der Waals surface area contributed by atoms with Gasteiger partial charge < -0.3 is 19.7 Å². The number of carboxylic acids is 2. The predicted octanol–water partition coefficient (Wildman–Crippen LogP) is 3.72. The normalized spacial score (nSPS) is 17.3. The van der Waals surface area contributed by atoms with Crippen LogP contribution in [0.2, 0.25) is 0 Å². The van der Waals surface area contributed by atoms with Crippen LogP contribution in [0, 0.1) is 0 Å². The zero-order chi connectivity index (χ0) is 28.8. The Morgan fingerprint density at radius 1 is 0.725 bits per heavy atom. The van der Waals surface area contributed by atoms with Crippen molar-refractivity contribution in [2.24, 2.45) is 0 Å². The Bertz CT molecular complexity index is 1360. The molecule has 206 valence electrons. The van der Waals surface area contributed by atoms with E-state index < -0.39 is 36.8 Å². The van der Waals surface area contributed by atoms with Crippen molar-refractivity contribution in [3.63, 3.8) is 0 Å². The molecule has 0 aromatic heterocycles. The van der Waals surface area contributed by atoms with E-state index in [0.29, 0.717) is 32.4 Å². The van der Waals surface area contributed by atoms with E-state index in [4.69, 9.17) is 44.1 Å². The lowest BCUT2D eigenvalue weighted by atomic mass is 10.2.